The molecule has 0 unspecified atom stereocenters. The Labute approximate surface area is 146 Å². The number of benzene rings is 2. The summed E-state index contributed by atoms with van der Waals surface area (Å²) in [5.41, 5.74) is 9.31. The summed E-state index contributed by atoms with van der Waals surface area (Å²) >= 11 is 0. The van der Waals surface area contributed by atoms with Gasteiger partial charge in [0.15, 0.2) is 5.78 Å². The van der Waals surface area contributed by atoms with Gasteiger partial charge >= 0.3 is 0 Å². The fraction of sp³-hybridized carbons (Fsp3) is 0.435. The minimum Gasteiger partial charge on any atom is -0.295 e. The number of carbonyl (C=O) groups is 1. The fourth-order valence-corrected chi connectivity index (χ4v) is 3.67. The first-order valence-corrected chi connectivity index (χ1v) is 9.01. The van der Waals surface area contributed by atoms with Gasteiger partial charge in [-0.2, -0.15) is 0 Å². The van der Waals surface area contributed by atoms with E-state index in [1.54, 1.807) is 6.92 Å². The Balaban J connectivity index is 2.11. The summed E-state index contributed by atoms with van der Waals surface area (Å²) in [6.45, 7) is 10.8. The summed E-state index contributed by atoms with van der Waals surface area (Å²) in [5, 5.41) is 0. The molecule has 0 saturated heterocycles. The Kier molecular flexibility index (Phi) is 4.38. The van der Waals surface area contributed by atoms with Crippen LogP contribution < -0.4 is 0 Å². The van der Waals surface area contributed by atoms with Crippen molar-refractivity contribution < 1.29 is 4.79 Å². The topological polar surface area (TPSA) is 17.1 Å². The maximum atomic E-state index is 12.0. The molecule has 2 aromatic rings. The summed E-state index contributed by atoms with van der Waals surface area (Å²) in [5.74, 6) is 0.185. The van der Waals surface area contributed by atoms with Gasteiger partial charge < -0.3 is 0 Å². The zero-order valence-corrected chi connectivity index (χ0v) is 15.6. The Morgan fingerprint density at radius 1 is 0.875 bits per heavy atom. The summed E-state index contributed by atoms with van der Waals surface area (Å²) in [6, 6.07) is 11.3. The second-order valence-corrected chi connectivity index (χ2v) is 8.22. The number of rotatable bonds is 1. The normalized spacial score (nSPS) is 14.4. The van der Waals surface area contributed by atoms with Gasteiger partial charge in [0.1, 0.15) is 0 Å². The van der Waals surface area contributed by atoms with Crippen molar-refractivity contribution in [2.24, 2.45) is 0 Å². The zero-order chi connectivity index (χ0) is 17.5. The first kappa shape index (κ1) is 17.0. The number of fused-ring (bicyclic) bond motifs is 4. The maximum Gasteiger partial charge on any atom is 0.160 e. The van der Waals surface area contributed by atoms with Crippen molar-refractivity contribution in [3.8, 4) is 0 Å². The van der Waals surface area contributed by atoms with E-state index in [-0.39, 0.29) is 11.2 Å². The quantitative estimate of drug-likeness (QED) is 0.645. The van der Waals surface area contributed by atoms with E-state index in [1.807, 2.05) is 0 Å². The third-order valence-corrected chi connectivity index (χ3v) is 5.39. The van der Waals surface area contributed by atoms with E-state index in [9.17, 15) is 4.79 Å². The highest BCUT2D eigenvalue weighted by atomic mass is 16.1. The van der Waals surface area contributed by atoms with Crippen LogP contribution in [0.4, 0.5) is 0 Å². The largest absolute Gasteiger partial charge is 0.295 e. The monoisotopic (exact) mass is 320 g/mol. The summed E-state index contributed by atoms with van der Waals surface area (Å²) in [4.78, 5) is 12.0. The molecule has 2 aliphatic rings. The lowest BCUT2D eigenvalue weighted by atomic mass is 9.82. The van der Waals surface area contributed by atoms with E-state index in [0.29, 0.717) is 0 Å². The molecule has 0 N–H and O–H groups in total. The van der Waals surface area contributed by atoms with E-state index < -0.39 is 0 Å². The van der Waals surface area contributed by atoms with Crippen molar-refractivity contribution in [3.05, 3.63) is 69.3 Å². The molecule has 0 atom stereocenters. The average molecular weight is 320 g/mol. The molecule has 2 aromatic carbocycles. The average Bonchev–Trinajstić information content (AvgIpc) is 2.53. The van der Waals surface area contributed by atoms with Crippen LogP contribution in [0.5, 0.6) is 0 Å². The molecule has 0 radical (unpaired) electrons. The summed E-state index contributed by atoms with van der Waals surface area (Å²) in [7, 11) is 0. The molecule has 0 fully saturated rings. The predicted octanol–water partition coefficient (Wildman–Crippen LogP) is 5.38. The number of carbonyl (C=O) groups excluding carboxylic acids is 1. The van der Waals surface area contributed by atoms with Crippen molar-refractivity contribution >= 4 is 5.78 Å². The van der Waals surface area contributed by atoms with Gasteiger partial charge in [-0.1, -0.05) is 45.0 Å². The lowest BCUT2D eigenvalue weighted by Crippen LogP contribution is -2.13. The second-order valence-electron chi connectivity index (χ2n) is 8.22. The lowest BCUT2D eigenvalue weighted by Gasteiger charge is -2.23. The number of Topliss-reactive ketones (excluding diaryl/α,β-unsaturated/α-hetero) is 1. The van der Waals surface area contributed by atoms with Gasteiger partial charge in [0.25, 0.3) is 0 Å². The van der Waals surface area contributed by atoms with Gasteiger partial charge in [-0.25, -0.2) is 0 Å². The van der Waals surface area contributed by atoms with Gasteiger partial charge in [0.2, 0.25) is 0 Å². The number of aryl methyl sites for hydroxylation is 4. The third-order valence-electron chi connectivity index (χ3n) is 5.39. The van der Waals surface area contributed by atoms with E-state index in [1.165, 1.54) is 33.4 Å². The van der Waals surface area contributed by atoms with E-state index >= 15 is 0 Å². The molecule has 0 heterocycles. The first-order valence-electron chi connectivity index (χ1n) is 9.01. The fourth-order valence-electron chi connectivity index (χ4n) is 3.67. The van der Waals surface area contributed by atoms with Crippen molar-refractivity contribution in [2.45, 2.75) is 65.7 Å². The minimum absolute atomic E-state index is 0.164. The number of hydrogen-bond acceptors (Lipinski definition) is 1. The lowest BCUT2D eigenvalue weighted by molar-refractivity contribution is 0.101. The van der Waals surface area contributed by atoms with Crippen molar-refractivity contribution in [2.75, 3.05) is 0 Å². The molecule has 126 valence electrons. The smallest absolute Gasteiger partial charge is 0.160 e. The maximum absolute atomic E-state index is 12.0. The molecule has 0 saturated carbocycles. The van der Waals surface area contributed by atoms with Gasteiger partial charge in [-0.3, -0.25) is 4.79 Å². The molecule has 0 amide bonds. The van der Waals surface area contributed by atoms with Gasteiger partial charge in [-0.15, -0.1) is 0 Å². The Bertz CT molecular complexity index is 790. The van der Waals surface area contributed by atoms with Crippen LogP contribution in [0.15, 0.2) is 30.3 Å². The highest BCUT2D eigenvalue weighted by Crippen LogP contribution is 2.30. The van der Waals surface area contributed by atoms with Crippen LogP contribution in [0, 0.1) is 6.92 Å². The van der Waals surface area contributed by atoms with E-state index in [2.05, 4.69) is 58.0 Å². The summed E-state index contributed by atoms with van der Waals surface area (Å²) in [6.07, 6.45) is 3.97. The highest BCUT2D eigenvalue weighted by Gasteiger charge is 2.19. The van der Waals surface area contributed by atoms with Gasteiger partial charge in [0.05, 0.1) is 0 Å². The molecule has 0 spiro atoms. The van der Waals surface area contributed by atoms with Crippen LogP contribution in [0.3, 0.4) is 0 Å². The predicted molar refractivity (Wildman–Crippen MR) is 101 cm³/mol. The molecular weight excluding hydrogens is 292 g/mol. The molecule has 4 rings (SSSR count). The molecule has 1 nitrogen and oxygen atoms in total. The van der Waals surface area contributed by atoms with Gasteiger partial charge in [0, 0.05) is 5.56 Å². The first-order chi connectivity index (χ1) is 11.3. The van der Waals surface area contributed by atoms with Crippen LogP contribution in [-0.2, 0) is 31.1 Å². The molecule has 4 bridgehead atoms. The van der Waals surface area contributed by atoms with Gasteiger partial charge in [-0.05, 0) is 84.4 Å². The van der Waals surface area contributed by atoms with E-state index in [0.717, 1.165) is 31.2 Å². The van der Waals surface area contributed by atoms with Crippen LogP contribution in [0.25, 0.3) is 0 Å². The van der Waals surface area contributed by atoms with E-state index in [4.69, 9.17) is 0 Å². The molecule has 24 heavy (non-hydrogen) atoms. The SMILES string of the molecule is CC(=O)c1cc2ccc1CCc1cc(C(C)(C)C)cc(c1C)CC2. The molecular formula is C23H28O. The Hall–Kier alpha value is -1.89. The summed E-state index contributed by atoms with van der Waals surface area (Å²) < 4.78 is 0. The molecule has 2 aliphatic carbocycles. The van der Waals surface area contributed by atoms with Crippen molar-refractivity contribution in [1.29, 1.82) is 0 Å². The zero-order valence-electron chi connectivity index (χ0n) is 15.6. The van der Waals surface area contributed by atoms with Crippen molar-refractivity contribution in [3.63, 3.8) is 0 Å². The standard InChI is InChI=1S/C23H28O/c1-15-19-9-7-17-6-8-18(22(12-17)16(2)24)10-11-20(15)14-21(13-19)23(3,4)5/h6,8,12-14H,7,9-11H2,1-5H3. The number of ketones is 1. The third kappa shape index (κ3) is 3.31. The van der Waals surface area contributed by atoms with Crippen molar-refractivity contribution in [1.82, 2.24) is 0 Å². The molecule has 0 aromatic heterocycles. The number of hydrogen-bond donors (Lipinski definition) is 0. The highest BCUT2D eigenvalue weighted by molar-refractivity contribution is 5.95. The Morgan fingerprint density at radius 3 is 2.04 bits per heavy atom. The van der Waals surface area contributed by atoms with Crippen LogP contribution >= 0.6 is 0 Å². The molecule has 0 aliphatic heterocycles. The Morgan fingerprint density at radius 2 is 1.46 bits per heavy atom. The van der Waals surface area contributed by atoms with Crippen LogP contribution in [0.1, 0.15) is 71.4 Å². The van der Waals surface area contributed by atoms with Crippen LogP contribution in [0.2, 0.25) is 0 Å². The second kappa shape index (κ2) is 6.20. The molecule has 1 heteroatoms. The minimum atomic E-state index is 0.164. The van der Waals surface area contributed by atoms with Crippen LogP contribution in [-0.4, -0.2) is 5.78 Å².